The molecule has 0 atom stereocenters. The van der Waals surface area contributed by atoms with Gasteiger partial charge in [-0.05, 0) is 12.1 Å². The average molecular weight is 348 g/mol. The molecule has 2 heterocycles. The summed E-state index contributed by atoms with van der Waals surface area (Å²) in [5, 5.41) is 9.59. The first kappa shape index (κ1) is 15.6. The fourth-order valence-electron chi connectivity index (χ4n) is 2.41. The zero-order valence-electron chi connectivity index (χ0n) is 13.4. The number of nitrogens with zero attached hydrogens (tertiary/aromatic N) is 4. The summed E-state index contributed by atoms with van der Waals surface area (Å²) in [5.41, 5.74) is 1.28. The fourth-order valence-corrected chi connectivity index (χ4v) is 2.41. The van der Waals surface area contributed by atoms with Crippen molar-refractivity contribution in [2.24, 2.45) is 0 Å². The van der Waals surface area contributed by atoms with E-state index in [0.717, 1.165) is 32.6 Å². The Hall–Kier alpha value is -3.94. The SMILES string of the molecule is O=C(/C=C\C(=O)On1ncc2ccccc21)On1ncc2ccccc21. The number of benzene rings is 2. The molecule has 0 amide bonds. The quantitative estimate of drug-likeness (QED) is 0.520. The molecule has 0 saturated heterocycles. The Kier molecular flexibility index (Phi) is 3.91. The smallest absolute Gasteiger partial charge is 0.314 e. The third kappa shape index (κ3) is 3.03. The van der Waals surface area contributed by atoms with Crippen LogP contribution in [0.1, 0.15) is 0 Å². The summed E-state index contributed by atoms with van der Waals surface area (Å²) in [6, 6.07) is 14.5. The first-order valence-electron chi connectivity index (χ1n) is 7.69. The molecule has 128 valence electrons. The van der Waals surface area contributed by atoms with Gasteiger partial charge in [-0.3, -0.25) is 0 Å². The lowest BCUT2D eigenvalue weighted by Crippen LogP contribution is -2.21. The molecule has 0 unspecified atom stereocenters. The van der Waals surface area contributed by atoms with Gasteiger partial charge in [0, 0.05) is 22.9 Å². The number of aromatic nitrogens is 4. The number of carbonyl (C=O) groups is 2. The number of carbonyl (C=O) groups excluding carboxylic acids is 2. The Bertz CT molecular complexity index is 1050. The molecule has 26 heavy (non-hydrogen) atoms. The molecule has 0 N–H and O–H groups in total. The van der Waals surface area contributed by atoms with Crippen molar-refractivity contribution in [1.82, 2.24) is 19.9 Å². The van der Waals surface area contributed by atoms with Crippen molar-refractivity contribution in [2.75, 3.05) is 0 Å². The molecular weight excluding hydrogens is 336 g/mol. The highest BCUT2D eigenvalue weighted by Crippen LogP contribution is 2.12. The van der Waals surface area contributed by atoms with Gasteiger partial charge in [-0.15, -0.1) is 10.2 Å². The normalized spacial score (nSPS) is 11.2. The predicted octanol–water partition coefficient (Wildman–Crippen LogP) is 1.55. The second-order valence-electron chi connectivity index (χ2n) is 5.31. The van der Waals surface area contributed by atoms with E-state index in [1.807, 2.05) is 24.3 Å². The molecule has 0 aliphatic carbocycles. The van der Waals surface area contributed by atoms with E-state index in [4.69, 9.17) is 9.68 Å². The fraction of sp³-hybridized carbons (Fsp3) is 0. The highest BCUT2D eigenvalue weighted by molar-refractivity contribution is 5.92. The molecule has 0 fully saturated rings. The lowest BCUT2D eigenvalue weighted by Gasteiger charge is -2.02. The largest absolute Gasteiger partial charge is 0.358 e. The molecular formula is C18H12N4O4. The van der Waals surface area contributed by atoms with Crippen LogP contribution in [-0.4, -0.2) is 31.8 Å². The van der Waals surface area contributed by atoms with Crippen LogP contribution in [-0.2, 0) is 9.59 Å². The lowest BCUT2D eigenvalue weighted by molar-refractivity contribution is -0.142. The Balaban J connectivity index is 1.42. The van der Waals surface area contributed by atoms with E-state index in [1.165, 1.54) is 0 Å². The molecule has 0 bridgehead atoms. The highest BCUT2D eigenvalue weighted by atomic mass is 16.7. The standard InChI is InChI=1S/C18H12N4O4/c23-17(25-21-15-7-3-1-5-13(15)11-19-21)9-10-18(24)26-22-16-8-4-2-6-14(16)12-20-22/h1-12H/b10-9-. The number of rotatable bonds is 4. The maximum atomic E-state index is 11.9. The van der Waals surface area contributed by atoms with Crippen LogP contribution in [0.3, 0.4) is 0 Å². The average Bonchev–Trinajstić information content (AvgIpc) is 3.25. The number of para-hydroxylation sites is 2. The number of fused-ring (bicyclic) bond motifs is 2. The minimum absolute atomic E-state index is 0.639. The van der Waals surface area contributed by atoms with Gasteiger partial charge in [-0.1, -0.05) is 46.1 Å². The summed E-state index contributed by atoms with van der Waals surface area (Å²) in [5.74, 6) is -1.53. The van der Waals surface area contributed by atoms with E-state index < -0.39 is 11.9 Å². The Morgan fingerprint density at radius 3 is 1.62 bits per heavy atom. The number of hydrogen-bond donors (Lipinski definition) is 0. The van der Waals surface area contributed by atoms with E-state index >= 15 is 0 Å². The van der Waals surface area contributed by atoms with Crippen LogP contribution in [0.2, 0.25) is 0 Å². The summed E-state index contributed by atoms with van der Waals surface area (Å²) in [4.78, 5) is 36.1. The van der Waals surface area contributed by atoms with Crippen LogP contribution in [0.5, 0.6) is 0 Å². The van der Waals surface area contributed by atoms with Gasteiger partial charge in [-0.25, -0.2) is 9.59 Å². The van der Waals surface area contributed by atoms with Gasteiger partial charge in [0.05, 0.1) is 12.4 Å². The van der Waals surface area contributed by atoms with Gasteiger partial charge < -0.3 is 9.68 Å². The maximum absolute atomic E-state index is 11.9. The van der Waals surface area contributed by atoms with Crippen molar-refractivity contribution in [2.45, 2.75) is 0 Å². The summed E-state index contributed by atoms with van der Waals surface area (Å²) in [6.45, 7) is 0. The highest BCUT2D eigenvalue weighted by Gasteiger charge is 2.09. The maximum Gasteiger partial charge on any atom is 0.358 e. The molecule has 2 aromatic carbocycles. The molecule has 0 spiro atoms. The summed E-state index contributed by atoms with van der Waals surface area (Å²) >= 11 is 0. The lowest BCUT2D eigenvalue weighted by atomic mass is 10.3. The summed E-state index contributed by atoms with van der Waals surface area (Å²) in [6.07, 6.45) is 5.07. The van der Waals surface area contributed by atoms with E-state index in [1.54, 1.807) is 36.7 Å². The number of hydrogen-bond acceptors (Lipinski definition) is 6. The van der Waals surface area contributed by atoms with Crippen LogP contribution in [0, 0.1) is 0 Å². The molecule has 0 radical (unpaired) electrons. The van der Waals surface area contributed by atoms with Gasteiger partial charge >= 0.3 is 11.9 Å². The second-order valence-corrected chi connectivity index (χ2v) is 5.31. The minimum Gasteiger partial charge on any atom is -0.314 e. The third-order valence-corrected chi connectivity index (χ3v) is 3.60. The molecule has 4 rings (SSSR count). The Labute approximate surface area is 146 Å². The predicted molar refractivity (Wildman–Crippen MR) is 91.8 cm³/mol. The molecule has 2 aromatic heterocycles. The first-order chi connectivity index (χ1) is 12.7. The van der Waals surface area contributed by atoms with Gasteiger partial charge in [0.25, 0.3) is 0 Å². The zero-order chi connectivity index (χ0) is 17.9. The molecule has 8 nitrogen and oxygen atoms in total. The van der Waals surface area contributed by atoms with Gasteiger partial charge in [-0.2, -0.15) is 0 Å². The van der Waals surface area contributed by atoms with Crippen LogP contribution in [0.4, 0.5) is 0 Å². The van der Waals surface area contributed by atoms with Crippen LogP contribution in [0.15, 0.2) is 73.1 Å². The minimum atomic E-state index is -0.763. The van der Waals surface area contributed by atoms with E-state index in [2.05, 4.69) is 10.2 Å². The van der Waals surface area contributed by atoms with Crippen molar-refractivity contribution in [3.8, 4) is 0 Å². The van der Waals surface area contributed by atoms with E-state index in [-0.39, 0.29) is 0 Å². The van der Waals surface area contributed by atoms with Crippen LogP contribution < -0.4 is 9.68 Å². The molecule has 0 saturated carbocycles. The molecule has 0 aliphatic heterocycles. The first-order valence-corrected chi connectivity index (χ1v) is 7.69. The monoisotopic (exact) mass is 348 g/mol. The van der Waals surface area contributed by atoms with Gasteiger partial charge in [0.1, 0.15) is 11.0 Å². The Morgan fingerprint density at radius 2 is 1.15 bits per heavy atom. The molecule has 8 heteroatoms. The van der Waals surface area contributed by atoms with Gasteiger partial charge in [0.2, 0.25) is 0 Å². The van der Waals surface area contributed by atoms with Crippen LogP contribution in [0.25, 0.3) is 21.8 Å². The van der Waals surface area contributed by atoms with Crippen molar-refractivity contribution >= 4 is 33.7 Å². The molecule has 0 aliphatic rings. The van der Waals surface area contributed by atoms with E-state index in [9.17, 15) is 9.59 Å². The topological polar surface area (TPSA) is 88.2 Å². The molecule has 4 aromatic rings. The van der Waals surface area contributed by atoms with Crippen molar-refractivity contribution in [3.63, 3.8) is 0 Å². The van der Waals surface area contributed by atoms with Crippen molar-refractivity contribution < 1.29 is 19.3 Å². The van der Waals surface area contributed by atoms with Crippen molar-refractivity contribution in [1.29, 1.82) is 0 Å². The van der Waals surface area contributed by atoms with E-state index in [0.29, 0.717) is 11.0 Å². The zero-order valence-corrected chi connectivity index (χ0v) is 13.4. The van der Waals surface area contributed by atoms with Crippen molar-refractivity contribution in [3.05, 3.63) is 73.1 Å². The third-order valence-electron chi connectivity index (χ3n) is 3.60. The second kappa shape index (κ2) is 6.52. The Morgan fingerprint density at radius 1 is 0.731 bits per heavy atom. The van der Waals surface area contributed by atoms with Gasteiger partial charge in [0.15, 0.2) is 0 Å². The van der Waals surface area contributed by atoms with Crippen LogP contribution >= 0.6 is 0 Å². The summed E-state index contributed by atoms with van der Waals surface area (Å²) < 4.78 is 0. The summed E-state index contributed by atoms with van der Waals surface area (Å²) in [7, 11) is 0.